The predicted octanol–water partition coefficient (Wildman–Crippen LogP) is 1.13. The molecule has 1 heterocycles. The Balaban J connectivity index is 2.61. The normalized spacial score (nSPS) is 10.0. The van der Waals surface area contributed by atoms with Gasteiger partial charge in [-0.1, -0.05) is 0 Å². The van der Waals surface area contributed by atoms with Crippen LogP contribution in [0.4, 0.5) is 0 Å². The van der Waals surface area contributed by atoms with Gasteiger partial charge in [-0.05, 0) is 6.92 Å². The highest BCUT2D eigenvalue weighted by atomic mass is 16.5. The molecule has 0 N–H and O–H groups in total. The average Bonchev–Trinajstić information content (AvgIpc) is 2.17. The molecular weight excluding hydrogens is 118 g/mol. The van der Waals surface area contributed by atoms with Crippen LogP contribution in [-0.4, -0.2) is 12.1 Å². The minimum absolute atomic E-state index is 0.452. The van der Waals surface area contributed by atoms with E-state index in [1.807, 2.05) is 6.92 Å². The van der Waals surface area contributed by atoms with Crippen molar-refractivity contribution >= 4 is 0 Å². The maximum atomic E-state index is 5.09. The number of aryl methyl sites for hydroxylation is 1. The Labute approximate surface area is 53.7 Å². The van der Waals surface area contributed by atoms with Crippen LogP contribution in [0.5, 0.6) is 0 Å². The van der Waals surface area contributed by atoms with Crippen molar-refractivity contribution in [2.45, 2.75) is 13.5 Å². The van der Waals surface area contributed by atoms with Crippen molar-refractivity contribution in [3.63, 3.8) is 0 Å². The zero-order valence-corrected chi connectivity index (χ0v) is 5.55. The van der Waals surface area contributed by atoms with Gasteiger partial charge in [0, 0.05) is 7.11 Å². The van der Waals surface area contributed by atoms with Gasteiger partial charge in [-0.3, -0.25) is 0 Å². The van der Waals surface area contributed by atoms with E-state index in [2.05, 4.69) is 4.98 Å². The summed E-state index contributed by atoms with van der Waals surface area (Å²) in [5.74, 6) is 1.46. The summed E-state index contributed by atoms with van der Waals surface area (Å²) >= 11 is 0. The van der Waals surface area contributed by atoms with Gasteiger partial charge in [-0.25, -0.2) is 4.98 Å². The number of oxazole rings is 1. The first-order chi connectivity index (χ1) is 4.33. The third-order valence-corrected chi connectivity index (χ3v) is 0.937. The van der Waals surface area contributed by atoms with Crippen molar-refractivity contribution in [2.24, 2.45) is 0 Å². The lowest BCUT2D eigenvalue weighted by atomic mass is 10.6. The van der Waals surface area contributed by atoms with Crippen LogP contribution in [0.15, 0.2) is 10.6 Å². The third kappa shape index (κ3) is 1.54. The highest BCUT2D eigenvalue weighted by Crippen LogP contribution is 2.01. The zero-order chi connectivity index (χ0) is 6.69. The predicted molar refractivity (Wildman–Crippen MR) is 32.0 cm³/mol. The topological polar surface area (TPSA) is 35.3 Å². The molecule has 0 amide bonds. The molecule has 0 aliphatic carbocycles. The Bertz CT molecular complexity index is 183. The summed E-state index contributed by atoms with van der Waals surface area (Å²) < 4.78 is 9.87. The Kier molecular flexibility index (Phi) is 1.85. The summed E-state index contributed by atoms with van der Waals surface area (Å²) in [4.78, 5) is 3.91. The first-order valence-corrected chi connectivity index (χ1v) is 2.73. The molecule has 50 valence electrons. The smallest absolute Gasteiger partial charge is 0.220 e. The van der Waals surface area contributed by atoms with Crippen molar-refractivity contribution in [1.82, 2.24) is 4.98 Å². The summed E-state index contributed by atoms with van der Waals surface area (Å²) in [6, 6.07) is 0. The molecule has 0 fully saturated rings. The number of hydrogen-bond acceptors (Lipinski definition) is 3. The Morgan fingerprint density at radius 1 is 1.78 bits per heavy atom. The van der Waals surface area contributed by atoms with Gasteiger partial charge in [0.25, 0.3) is 0 Å². The van der Waals surface area contributed by atoms with Crippen molar-refractivity contribution in [1.29, 1.82) is 0 Å². The fourth-order valence-corrected chi connectivity index (χ4v) is 0.592. The molecule has 3 nitrogen and oxygen atoms in total. The van der Waals surface area contributed by atoms with Crippen LogP contribution in [0, 0.1) is 6.92 Å². The molecule has 1 rings (SSSR count). The fourth-order valence-electron chi connectivity index (χ4n) is 0.592. The van der Waals surface area contributed by atoms with Crippen LogP contribution < -0.4 is 0 Å². The standard InChI is InChI=1S/C6H9NO2/c1-5-3-7-6(9-5)4-8-2/h3H,4H2,1-2H3. The van der Waals surface area contributed by atoms with Crippen LogP contribution in [0.2, 0.25) is 0 Å². The quantitative estimate of drug-likeness (QED) is 0.597. The van der Waals surface area contributed by atoms with E-state index in [9.17, 15) is 0 Å². The SMILES string of the molecule is COCc1ncc(C)o1. The lowest BCUT2D eigenvalue weighted by molar-refractivity contribution is 0.158. The van der Waals surface area contributed by atoms with E-state index in [4.69, 9.17) is 9.15 Å². The maximum absolute atomic E-state index is 5.09. The van der Waals surface area contributed by atoms with Crippen LogP contribution in [0.25, 0.3) is 0 Å². The second-order valence-electron chi connectivity index (χ2n) is 1.80. The molecule has 0 spiro atoms. The zero-order valence-electron chi connectivity index (χ0n) is 5.55. The number of ether oxygens (including phenoxy) is 1. The second-order valence-corrected chi connectivity index (χ2v) is 1.80. The van der Waals surface area contributed by atoms with Crippen LogP contribution in [-0.2, 0) is 11.3 Å². The number of aromatic nitrogens is 1. The van der Waals surface area contributed by atoms with Crippen molar-refractivity contribution in [2.75, 3.05) is 7.11 Å². The number of hydrogen-bond donors (Lipinski definition) is 0. The molecule has 0 unspecified atom stereocenters. The lowest BCUT2D eigenvalue weighted by Gasteiger charge is -1.88. The van der Waals surface area contributed by atoms with Crippen LogP contribution in [0.3, 0.4) is 0 Å². The van der Waals surface area contributed by atoms with Gasteiger partial charge >= 0.3 is 0 Å². The highest BCUT2D eigenvalue weighted by molar-refractivity contribution is 4.89. The van der Waals surface area contributed by atoms with E-state index >= 15 is 0 Å². The molecule has 0 aromatic carbocycles. The largest absolute Gasteiger partial charge is 0.443 e. The molecule has 0 radical (unpaired) electrons. The summed E-state index contributed by atoms with van der Waals surface area (Å²) in [5.41, 5.74) is 0. The highest BCUT2D eigenvalue weighted by Gasteiger charge is 1.96. The number of rotatable bonds is 2. The molecule has 0 aliphatic rings. The molecule has 0 saturated heterocycles. The average molecular weight is 127 g/mol. The molecule has 0 atom stereocenters. The van der Waals surface area contributed by atoms with Gasteiger partial charge in [-0.2, -0.15) is 0 Å². The van der Waals surface area contributed by atoms with Gasteiger partial charge in [0.15, 0.2) is 0 Å². The minimum Gasteiger partial charge on any atom is -0.443 e. The maximum Gasteiger partial charge on any atom is 0.220 e. The van der Waals surface area contributed by atoms with E-state index in [0.29, 0.717) is 12.5 Å². The molecule has 0 bridgehead atoms. The van der Waals surface area contributed by atoms with Crippen molar-refractivity contribution < 1.29 is 9.15 Å². The van der Waals surface area contributed by atoms with E-state index in [-0.39, 0.29) is 0 Å². The van der Waals surface area contributed by atoms with Gasteiger partial charge < -0.3 is 9.15 Å². The molecule has 1 aromatic rings. The summed E-state index contributed by atoms with van der Waals surface area (Å²) in [5, 5.41) is 0. The van der Waals surface area contributed by atoms with Gasteiger partial charge in [-0.15, -0.1) is 0 Å². The van der Waals surface area contributed by atoms with Crippen molar-refractivity contribution in [3.05, 3.63) is 17.8 Å². The van der Waals surface area contributed by atoms with E-state index in [1.165, 1.54) is 0 Å². The molecule has 9 heavy (non-hydrogen) atoms. The Hall–Kier alpha value is -0.830. The van der Waals surface area contributed by atoms with E-state index in [0.717, 1.165) is 5.76 Å². The van der Waals surface area contributed by atoms with Crippen molar-refractivity contribution in [3.8, 4) is 0 Å². The minimum atomic E-state index is 0.452. The number of methoxy groups -OCH3 is 1. The van der Waals surface area contributed by atoms with Gasteiger partial charge in [0.1, 0.15) is 12.4 Å². The molecule has 3 heteroatoms. The number of nitrogens with zero attached hydrogens (tertiary/aromatic N) is 1. The summed E-state index contributed by atoms with van der Waals surface area (Å²) in [6.45, 7) is 2.31. The van der Waals surface area contributed by atoms with E-state index < -0.39 is 0 Å². The third-order valence-electron chi connectivity index (χ3n) is 0.937. The van der Waals surface area contributed by atoms with Gasteiger partial charge in [0.2, 0.25) is 5.89 Å². The molecule has 0 aliphatic heterocycles. The molecule has 0 saturated carbocycles. The fraction of sp³-hybridized carbons (Fsp3) is 0.500. The second kappa shape index (κ2) is 2.64. The first-order valence-electron chi connectivity index (χ1n) is 2.73. The Morgan fingerprint density at radius 3 is 3.00 bits per heavy atom. The van der Waals surface area contributed by atoms with Gasteiger partial charge in [0.05, 0.1) is 6.20 Å². The summed E-state index contributed by atoms with van der Waals surface area (Å²) in [6.07, 6.45) is 1.67. The lowest BCUT2D eigenvalue weighted by Crippen LogP contribution is -1.84. The van der Waals surface area contributed by atoms with Crippen LogP contribution in [0.1, 0.15) is 11.7 Å². The van der Waals surface area contributed by atoms with E-state index in [1.54, 1.807) is 13.3 Å². The Morgan fingerprint density at radius 2 is 2.56 bits per heavy atom. The first kappa shape index (κ1) is 6.29. The van der Waals surface area contributed by atoms with Crippen LogP contribution >= 0.6 is 0 Å². The summed E-state index contributed by atoms with van der Waals surface area (Å²) in [7, 11) is 1.61. The monoisotopic (exact) mass is 127 g/mol. The molecule has 1 aromatic heterocycles. The molecular formula is C6H9NO2.